The van der Waals surface area contributed by atoms with Gasteiger partial charge in [0.15, 0.2) is 0 Å². The van der Waals surface area contributed by atoms with Crippen molar-refractivity contribution in [2.45, 2.75) is 11.1 Å². The zero-order valence-corrected chi connectivity index (χ0v) is 15.3. The van der Waals surface area contributed by atoms with Crippen LogP contribution in [-0.4, -0.2) is 38.9 Å². The number of alkyl halides is 3. The Hall–Kier alpha value is -2.64. The fraction of sp³-hybridized carbons (Fsp3) is 0.278. The van der Waals surface area contributed by atoms with Gasteiger partial charge >= 0.3 is 6.18 Å². The molecule has 148 valence electrons. The molecule has 1 aliphatic rings. The molecule has 1 heterocycles. The van der Waals surface area contributed by atoms with Crippen molar-refractivity contribution in [3.63, 3.8) is 0 Å². The molecule has 0 radical (unpaired) electrons. The Balaban J connectivity index is 1.80. The standard InChI is InChI=1S/C18H15F4N3O2S/c19-16-5-2-6-17(15(16)12-23)24-7-9-25(10-8-24)28(26,27)14-4-1-3-13(11-14)18(20,21)22/h1-6,11H,7-10H2. The minimum atomic E-state index is -4.64. The third-order valence-electron chi connectivity index (χ3n) is 4.48. The second kappa shape index (κ2) is 7.41. The summed E-state index contributed by atoms with van der Waals surface area (Å²) in [6, 6.07) is 9.58. The molecule has 1 fully saturated rings. The smallest absolute Gasteiger partial charge is 0.368 e. The third-order valence-corrected chi connectivity index (χ3v) is 6.38. The number of hydrogen-bond acceptors (Lipinski definition) is 4. The number of piperazine rings is 1. The summed E-state index contributed by atoms with van der Waals surface area (Å²) in [6.07, 6.45) is -4.64. The van der Waals surface area contributed by atoms with Gasteiger partial charge in [-0.1, -0.05) is 12.1 Å². The van der Waals surface area contributed by atoms with Crippen molar-refractivity contribution >= 4 is 15.7 Å². The Morgan fingerprint density at radius 2 is 1.64 bits per heavy atom. The van der Waals surface area contributed by atoms with E-state index in [-0.39, 0.29) is 31.7 Å². The Bertz CT molecular complexity index is 1020. The van der Waals surface area contributed by atoms with Gasteiger partial charge in [-0.2, -0.15) is 22.7 Å². The van der Waals surface area contributed by atoms with Crippen LogP contribution in [0.5, 0.6) is 0 Å². The molecule has 0 unspecified atom stereocenters. The molecule has 0 aromatic heterocycles. The lowest BCUT2D eigenvalue weighted by molar-refractivity contribution is -0.137. The van der Waals surface area contributed by atoms with Crippen LogP contribution < -0.4 is 4.90 Å². The van der Waals surface area contributed by atoms with E-state index >= 15 is 0 Å². The van der Waals surface area contributed by atoms with Crippen LogP contribution in [0.1, 0.15) is 11.1 Å². The minimum Gasteiger partial charge on any atom is -0.368 e. The van der Waals surface area contributed by atoms with E-state index in [1.165, 1.54) is 6.07 Å². The number of hydrogen-bond donors (Lipinski definition) is 0. The molecule has 0 aliphatic carbocycles. The Morgan fingerprint density at radius 1 is 1.00 bits per heavy atom. The number of rotatable bonds is 3. The molecule has 0 N–H and O–H groups in total. The summed E-state index contributed by atoms with van der Waals surface area (Å²) in [4.78, 5) is 1.25. The summed E-state index contributed by atoms with van der Waals surface area (Å²) in [5.74, 6) is -0.668. The summed E-state index contributed by atoms with van der Waals surface area (Å²) < 4.78 is 78.9. The van der Waals surface area contributed by atoms with Gasteiger partial charge in [-0.25, -0.2) is 12.8 Å². The second-order valence-corrected chi connectivity index (χ2v) is 8.10. The number of sulfonamides is 1. The van der Waals surface area contributed by atoms with Gasteiger partial charge in [0.1, 0.15) is 17.4 Å². The SMILES string of the molecule is N#Cc1c(F)cccc1N1CCN(S(=O)(=O)c2cccc(C(F)(F)F)c2)CC1. The quantitative estimate of drug-likeness (QED) is 0.725. The zero-order chi connectivity index (χ0) is 20.5. The van der Waals surface area contributed by atoms with E-state index in [1.54, 1.807) is 17.0 Å². The number of anilines is 1. The summed E-state index contributed by atoms with van der Waals surface area (Å²) in [6.45, 7) is 0.354. The van der Waals surface area contributed by atoms with Crippen molar-refractivity contribution in [2.24, 2.45) is 0 Å². The van der Waals surface area contributed by atoms with Crippen LogP contribution in [0.4, 0.5) is 23.2 Å². The van der Waals surface area contributed by atoms with Crippen LogP contribution in [0.3, 0.4) is 0 Å². The Kier molecular flexibility index (Phi) is 5.32. The first-order chi connectivity index (χ1) is 13.1. The van der Waals surface area contributed by atoms with Crippen molar-refractivity contribution in [3.8, 4) is 6.07 Å². The minimum absolute atomic E-state index is 0.0000390. The van der Waals surface area contributed by atoms with Crippen LogP contribution in [0, 0.1) is 17.1 Å². The van der Waals surface area contributed by atoms with Gasteiger partial charge in [0, 0.05) is 26.2 Å². The first kappa shape index (κ1) is 20.1. The number of nitriles is 1. The number of benzene rings is 2. The molecule has 0 amide bonds. The second-order valence-electron chi connectivity index (χ2n) is 6.16. The van der Waals surface area contributed by atoms with Gasteiger partial charge in [0.05, 0.1) is 16.1 Å². The average Bonchev–Trinajstić information content (AvgIpc) is 2.67. The predicted molar refractivity (Wildman–Crippen MR) is 93.5 cm³/mol. The van der Waals surface area contributed by atoms with Crippen LogP contribution in [0.2, 0.25) is 0 Å². The largest absolute Gasteiger partial charge is 0.416 e. The van der Waals surface area contributed by atoms with Gasteiger partial charge in [-0.3, -0.25) is 0 Å². The lowest BCUT2D eigenvalue weighted by Crippen LogP contribution is -2.48. The molecular weight excluding hydrogens is 398 g/mol. The molecule has 0 bridgehead atoms. The summed E-state index contributed by atoms with van der Waals surface area (Å²) in [5, 5.41) is 9.14. The summed E-state index contributed by atoms with van der Waals surface area (Å²) >= 11 is 0. The van der Waals surface area contributed by atoms with Crippen LogP contribution >= 0.6 is 0 Å². The first-order valence-electron chi connectivity index (χ1n) is 8.25. The van der Waals surface area contributed by atoms with E-state index in [4.69, 9.17) is 5.26 Å². The van der Waals surface area contributed by atoms with E-state index in [9.17, 15) is 26.0 Å². The molecule has 1 saturated heterocycles. The summed E-state index contributed by atoms with van der Waals surface area (Å²) in [7, 11) is -4.11. The molecule has 5 nitrogen and oxygen atoms in total. The van der Waals surface area contributed by atoms with E-state index in [1.807, 2.05) is 0 Å². The fourth-order valence-electron chi connectivity index (χ4n) is 3.04. The molecule has 0 atom stereocenters. The van der Waals surface area contributed by atoms with Gasteiger partial charge in [-0.15, -0.1) is 0 Å². The van der Waals surface area contributed by atoms with E-state index < -0.39 is 32.5 Å². The van der Waals surface area contributed by atoms with E-state index in [0.717, 1.165) is 28.6 Å². The maximum absolute atomic E-state index is 13.8. The molecule has 1 aliphatic heterocycles. The highest BCUT2D eigenvalue weighted by atomic mass is 32.2. The lowest BCUT2D eigenvalue weighted by Gasteiger charge is -2.35. The highest BCUT2D eigenvalue weighted by molar-refractivity contribution is 7.89. The summed E-state index contributed by atoms with van der Waals surface area (Å²) in [5.41, 5.74) is -0.805. The average molecular weight is 413 g/mol. The van der Waals surface area contributed by atoms with Crippen LogP contribution in [0.25, 0.3) is 0 Å². The molecule has 3 rings (SSSR count). The molecule has 0 spiro atoms. The maximum atomic E-state index is 13.8. The molecule has 2 aromatic rings. The topological polar surface area (TPSA) is 64.4 Å². The van der Waals surface area contributed by atoms with Crippen LogP contribution in [0.15, 0.2) is 47.4 Å². The van der Waals surface area contributed by atoms with Crippen LogP contribution in [-0.2, 0) is 16.2 Å². The highest BCUT2D eigenvalue weighted by Crippen LogP contribution is 2.31. The maximum Gasteiger partial charge on any atom is 0.416 e. The predicted octanol–water partition coefficient (Wildman–Crippen LogP) is 3.23. The number of nitrogens with zero attached hydrogens (tertiary/aromatic N) is 3. The fourth-order valence-corrected chi connectivity index (χ4v) is 4.51. The van der Waals surface area contributed by atoms with Gasteiger partial charge in [0.25, 0.3) is 0 Å². The van der Waals surface area contributed by atoms with Crippen molar-refractivity contribution < 1.29 is 26.0 Å². The van der Waals surface area contributed by atoms with E-state index in [2.05, 4.69) is 0 Å². The molecule has 0 saturated carbocycles. The normalized spacial score (nSPS) is 16.0. The Labute approximate surface area is 159 Å². The van der Waals surface area contributed by atoms with Gasteiger partial charge in [0.2, 0.25) is 10.0 Å². The van der Waals surface area contributed by atoms with Gasteiger partial charge < -0.3 is 4.90 Å². The van der Waals surface area contributed by atoms with Crippen molar-refractivity contribution in [3.05, 3.63) is 59.4 Å². The lowest BCUT2D eigenvalue weighted by atomic mass is 10.1. The molecule has 28 heavy (non-hydrogen) atoms. The first-order valence-corrected chi connectivity index (χ1v) is 9.69. The van der Waals surface area contributed by atoms with Crippen molar-refractivity contribution in [1.29, 1.82) is 5.26 Å². The Morgan fingerprint density at radius 3 is 2.25 bits per heavy atom. The van der Waals surface area contributed by atoms with Crippen molar-refractivity contribution in [2.75, 3.05) is 31.1 Å². The van der Waals surface area contributed by atoms with Crippen molar-refractivity contribution in [1.82, 2.24) is 4.31 Å². The highest BCUT2D eigenvalue weighted by Gasteiger charge is 2.34. The molecular formula is C18H15F4N3O2S. The molecule has 10 heteroatoms. The molecule has 2 aromatic carbocycles. The van der Waals surface area contributed by atoms with E-state index in [0.29, 0.717) is 11.8 Å². The third kappa shape index (κ3) is 3.81. The van der Waals surface area contributed by atoms with Gasteiger partial charge in [-0.05, 0) is 30.3 Å². The monoisotopic (exact) mass is 413 g/mol. The number of halogens is 4. The zero-order valence-electron chi connectivity index (χ0n) is 14.4.